The van der Waals surface area contributed by atoms with Gasteiger partial charge in [-0.1, -0.05) is 71.9 Å². The molecule has 0 aliphatic rings. The Morgan fingerprint density at radius 1 is 1.12 bits per heavy atom. The minimum absolute atomic E-state index is 0.111. The Balaban J connectivity index is 1.57. The van der Waals surface area contributed by atoms with E-state index in [2.05, 4.69) is 10.4 Å². The van der Waals surface area contributed by atoms with Crippen molar-refractivity contribution in [2.45, 2.75) is 38.5 Å². The van der Waals surface area contributed by atoms with E-state index in [1.165, 1.54) is 17.3 Å². The number of amides is 1. The lowest BCUT2D eigenvalue weighted by molar-refractivity contribution is -0.118. The van der Waals surface area contributed by atoms with Gasteiger partial charge in [0.05, 0.1) is 18.0 Å². The quantitative estimate of drug-likeness (QED) is 0.279. The number of fused-ring (bicyclic) bond motifs is 1. The SMILES string of the molecule is CCn1nc(C)c2nc(SCC(=O)NCCc3ccccc3)n(Cc3ccccc3Cl)c(=O)c21. The number of rotatable bonds is 9. The number of carbonyl (C=O) groups is 1. The Labute approximate surface area is 207 Å². The molecular weight excluding hydrogens is 470 g/mol. The summed E-state index contributed by atoms with van der Waals surface area (Å²) in [4.78, 5) is 30.8. The Morgan fingerprint density at radius 2 is 1.85 bits per heavy atom. The van der Waals surface area contributed by atoms with Crippen LogP contribution in [0.5, 0.6) is 0 Å². The second-order valence-electron chi connectivity index (χ2n) is 7.85. The normalized spacial score (nSPS) is 11.1. The molecule has 2 heterocycles. The highest BCUT2D eigenvalue weighted by atomic mass is 35.5. The lowest BCUT2D eigenvalue weighted by Crippen LogP contribution is -2.29. The highest BCUT2D eigenvalue weighted by Gasteiger charge is 2.19. The van der Waals surface area contributed by atoms with Crippen molar-refractivity contribution in [2.75, 3.05) is 12.3 Å². The Bertz CT molecular complexity index is 1370. The van der Waals surface area contributed by atoms with Gasteiger partial charge in [0.1, 0.15) is 5.52 Å². The molecule has 2 aromatic heterocycles. The lowest BCUT2D eigenvalue weighted by Gasteiger charge is -2.13. The maximum absolute atomic E-state index is 13.5. The molecule has 0 bridgehead atoms. The van der Waals surface area contributed by atoms with Gasteiger partial charge in [-0.25, -0.2) is 4.98 Å². The van der Waals surface area contributed by atoms with Gasteiger partial charge in [0.2, 0.25) is 5.91 Å². The molecule has 2 aromatic carbocycles. The first-order valence-electron chi connectivity index (χ1n) is 11.1. The first-order valence-corrected chi connectivity index (χ1v) is 12.5. The van der Waals surface area contributed by atoms with Crippen molar-refractivity contribution in [3.05, 3.63) is 86.8 Å². The maximum atomic E-state index is 13.5. The summed E-state index contributed by atoms with van der Waals surface area (Å²) in [6.07, 6.45) is 0.758. The third kappa shape index (κ3) is 5.34. The van der Waals surface area contributed by atoms with E-state index in [0.29, 0.717) is 40.0 Å². The summed E-state index contributed by atoms with van der Waals surface area (Å²) < 4.78 is 3.26. The van der Waals surface area contributed by atoms with Gasteiger partial charge >= 0.3 is 0 Å². The molecule has 0 unspecified atom stereocenters. The average Bonchev–Trinajstić information content (AvgIpc) is 3.17. The zero-order chi connectivity index (χ0) is 24.1. The number of hydrogen-bond acceptors (Lipinski definition) is 5. The van der Waals surface area contributed by atoms with Crippen LogP contribution in [0, 0.1) is 6.92 Å². The number of benzene rings is 2. The Kier molecular flexibility index (Phi) is 7.70. The fraction of sp³-hybridized carbons (Fsp3) is 0.280. The molecule has 0 atom stereocenters. The van der Waals surface area contributed by atoms with Crippen LogP contribution in [0.3, 0.4) is 0 Å². The Morgan fingerprint density at radius 3 is 2.59 bits per heavy atom. The number of thioether (sulfide) groups is 1. The summed E-state index contributed by atoms with van der Waals surface area (Å²) in [5.41, 5.74) is 3.49. The fourth-order valence-corrected chi connectivity index (χ4v) is 4.75. The second kappa shape index (κ2) is 10.9. The number of nitrogens with zero attached hydrogens (tertiary/aromatic N) is 4. The molecular formula is C25H26ClN5O2S. The number of aromatic nitrogens is 4. The van der Waals surface area contributed by atoms with Crippen LogP contribution in [0.1, 0.15) is 23.7 Å². The van der Waals surface area contributed by atoms with E-state index >= 15 is 0 Å². The van der Waals surface area contributed by atoms with Gasteiger partial charge in [0.25, 0.3) is 5.56 Å². The molecule has 4 rings (SSSR count). The minimum Gasteiger partial charge on any atom is -0.355 e. The van der Waals surface area contributed by atoms with Crippen molar-refractivity contribution in [1.82, 2.24) is 24.6 Å². The molecule has 4 aromatic rings. The molecule has 0 radical (unpaired) electrons. The molecule has 0 aliphatic carbocycles. The van der Waals surface area contributed by atoms with Crippen LogP contribution in [0.25, 0.3) is 11.0 Å². The summed E-state index contributed by atoms with van der Waals surface area (Å²) in [7, 11) is 0. The molecule has 1 N–H and O–H groups in total. The summed E-state index contributed by atoms with van der Waals surface area (Å²) in [5.74, 6) is 0.0384. The topological polar surface area (TPSA) is 81.8 Å². The predicted molar refractivity (Wildman–Crippen MR) is 137 cm³/mol. The lowest BCUT2D eigenvalue weighted by atomic mass is 10.1. The fourth-order valence-electron chi connectivity index (χ4n) is 3.74. The van der Waals surface area contributed by atoms with Crippen molar-refractivity contribution in [3.63, 3.8) is 0 Å². The molecule has 0 spiro atoms. The van der Waals surface area contributed by atoms with Crippen molar-refractivity contribution >= 4 is 40.3 Å². The van der Waals surface area contributed by atoms with Crippen LogP contribution in [0.4, 0.5) is 0 Å². The van der Waals surface area contributed by atoms with E-state index in [1.807, 2.05) is 62.4 Å². The van der Waals surface area contributed by atoms with Gasteiger partial charge in [0, 0.05) is 18.1 Å². The maximum Gasteiger partial charge on any atom is 0.280 e. The molecule has 34 heavy (non-hydrogen) atoms. The van der Waals surface area contributed by atoms with Crippen molar-refractivity contribution in [2.24, 2.45) is 0 Å². The zero-order valence-corrected chi connectivity index (χ0v) is 20.7. The van der Waals surface area contributed by atoms with E-state index in [9.17, 15) is 9.59 Å². The smallest absolute Gasteiger partial charge is 0.280 e. The molecule has 176 valence electrons. The van der Waals surface area contributed by atoms with Crippen LogP contribution in [-0.4, -0.2) is 37.5 Å². The summed E-state index contributed by atoms with van der Waals surface area (Å²) in [5, 5.41) is 8.45. The largest absolute Gasteiger partial charge is 0.355 e. The molecule has 0 saturated carbocycles. The van der Waals surface area contributed by atoms with Gasteiger partial charge in [0.15, 0.2) is 10.7 Å². The first kappa shape index (κ1) is 24.0. The van der Waals surface area contributed by atoms with Crippen LogP contribution in [-0.2, 0) is 24.3 Å². The molecule has 0 saturated heterocycles. The Hall–Kier alpha value is -3.10. The van der Waals surface area contributed by atoms with Gasteiger partial charge in [-0.3, -0.25) is 18.8 Å². The minimum atomic E-state index is -0.195. The number of aryl methyl sites for hydroxylation is 2. The van der Waals surface area contributed by atoms with Gasteiger partial charge < -0.3 is 5.32 Å². The molecule has 1 amide bonds. The zero-order valence-electron chi connectivity index (χ0n) is 19.1. The highest BCUT2D eigenvalue weighted by molar-refractivity contribution is 7.99. The van der Waals surface area contributed by atoms with E-state index in [-0.39, 0.29) is 23.8 Å². The van der Waals surface area contributed by atoms with Gasteiger partial charge in [-0.2, -0.15) is 5.10 Å². The molecule has 0 aliphatic heterocycles. The summed E-state index contributed by atoms with van der Waals surface area (Å²) in [6.45, 7) is 5.14. The molecule has 7 nitrogen and oxygen atoms in total. The summed E-state index contributed by atoms with van der Waals surface area (Å²) >= 11 is 7.61. The van der Waals surface area contributed by atoms with Crippen molar-refractivity contribution < 1.29 is 4.79 Å². The standard InChI is InChI=1S/C25H26ClN5O2S/c1-3-31-23-22(17(2)29-31)28-25(30(24(23)33)15-19-11-7-8-12-20(19)26)34-16-21(32)27-14-13-18-9-5-4-6-10-18/h4-12H,3,13-16H2,1-2H3,(H,27,32). The number of carbonyl (C=O) groups excluding carboxylic acids is 1. The number of nitrogens with one attached hydrogen (secondary N) is 1. The average molecular weight is 496 g/mol. The molecule has 0 fully saturated rings. The van der Waals surface area contributed by atoms with Crippen LogP contribution < -0.4 is 10.9 Å². The number of hydrogen-bond donors (Lipinski definition) is 1. The van der Waals surface area contributed by atoms with E-state index in [1.54, 1.807) is 15.3 Å². The third-order valence-corrected chi connectivity index (χ3v) is 6.82. The van der Waals surface area contributed by atoms with E-state index in [4.69, 9.17) is 16.6 Å². The van der Waals surface area contributed by atoms with Crippen molar-refractivity contribution in [1.29, 1.82) is 0 Å². The van der Waals surface area contributed by atoms with Crippen LogP contribution >= 0.6 is 23.4 Å². The van der Waals surface area contributed by atoms with E-state index < -0.39 is 0 Å². The summed E-state index contributed by atoms with van der Waals surface area (Å²) in [6, 6.07) is 17.4. The highest BCUT2D eigenvalue weighted by Crippen LogP contribution is 2.23. The van der Waals surface area contributed by atoms with Gasteiger partial charge in [-0.05, 0) is 37.5 Å². The second-order valence-corrected chi connectivity index (χ2v) is 9.20. The third-order valence-electron chi connectivity index (χ3n) is 5.48. The number of halogens is 1. The van der Waals surface area contributed by atoms with E-state index in [0.717, 1.165) is 12.0 Å². The predicted octanol–water partition coefficient (Wildman–Crippen LogP) is 4.07. The van der Waals surface area contributed by atoms with Crippen molar-refractivity contribution in [3.8, 4) is 0 Å². The van der Waals surface area contributed by atoms with Crippen LogP contribution in [0.2, 0.25) is 5.02 Å². The monoisotopic (exact) mass is 495 g/mol. The van der Waals surface area contributed by atoms with Crippen LogP contribution in [0.15, 0.2) is 64.5 Å². The molecule has 9 heteroatoms. The van der Waals surface area contributed by atoms with Gasteiger partial charge in [-0.15, -0.1) is 0 Å². The first-order chi connectivity index (χ1) is 16.5.